The molecule has 0 bridgehead atoms. The van der Waals surface area contributed by atoms with Gasteiger partial charge in [0, 0.05) is 18.6 Å². The van der Waals surface area contributed by atoms with Crippen LogP contribution in [-0.4, -0.2) is 33.6 Å². The average molecular weight is 219 g/mol. The van der Waals surface area contributed by atoms with Gasteiger partial charge in [-0.05, 0) is 32.2 Å². The predicted molar refractivity (Wildman–Crippen MR) is 54.1 cm³/mol. The van der Waals surface area contributed by atoms with Crippen molar-refractivity contribution in [2.24, 2.45) is 0 Å². The summed E-state index contributed by atoms with van der Waals surface area (Å²) >= 11 is 0. The monoisotopic (exact) mass is 219 g/mol. The van der Waals surface area contributed by atoms with Gasteiger partial charge in [-0.3, -0.25) is 0 Å². The van der Waals surface area contributed by atoms with E-state index in [-0.39, 0.29) is 12.1 Å². The molecule has 0 unspecified atom stereocenters. The van der Waals surface area contributed by atoms with Crippen molar-refractivity contribution in [2.75, 3.05) is 13.1 Å². The Kier molecular flexibility index (Phi) is 3.06. The molecule has 0 spiro atoms. The minimum absolute atomic E-state index is 0.0556. The summed E-state index contributed by atoms with van der Waals surface area (Å²) in [6.45, 7) is 1.74. The van der Waals surface area contributed by atoms with Crippen molar-refractivity contribution in [2.45, 2.75) is 37.8 Å². The van der Waals surface area contributed by atoms with Crippen molar-refractivity contribution in [3.63, 3.8) is 0 Å². The molecule has 1 saturated heterocycles. The van der Waals surface area contributed by atoms with E-state index in [1.807, 2.05) is 0 Å². The van der Waals surface area contributed by atoms with Crippen molar-refractivity contribution in [1.29, 1.82) is 0 Å². The molecule has 3 N–H and O–H groups in total. The Morgan fingerprint density at radius 2 is 1.79 bits per heavy atom. The lowest BCUT2D eigenvalue weighted by atomic mass is 10.1. The molecule has 0 amide bonds. The molecule has 1 aliphatic carbocycles. The van der Waals surface area contributed by atoms with Crippen LogP contribution in [0.1, 0.15) is 25.7 Å². The first-order chi connectivity index (χ1) is 6.66. The van der Waals surface area contributed by atoms with Crippen LogP contribution >= 0.6 is 0 Å². The molecule has 1 atom stereocenters. The summed E-state index contributed by atoms with van der Waals surface area (Å²) in [4.78, 5) is 0. The third-order valence-electron chi connectivity index (χ3n) is 2.52. The van der Waals surface area contributed by atoms with Crippen LogP contribution in [0, 0.1) is 0 Å². The molecule has 1 aliphatic heterocycles. The lowest BCUT2D eigenvalue weighted by Gasteiger charge is -2.23. The fourth-order valence-corrected chi connectivity index (χ4v) is 3.01. The minimum atomic E-state index is -3.26. The van der Waals surface area contributed by atoms with Crippen LogP contribution in [0.2, 0.25) is 0 Å². The van der Waals surface area contributed by atoms with Crippen LogP contribution in [-0.2, 0) is 10.2 Å². The first-order valence-electron chi connectivity index (χ1n) is 5.16. The molecule has 0 aromatic rings. The van der Waals surface area contributed by atoms with Gasteiger partial charge in [-0.1, -0.05) is 0 Å². The summed E-state index contributed by atoms with van der Waals surface area (Å²) in [6, 6.07) is 0.240. The van der Waals surface area contributed by atoms with Gasteiger partial charge in [0.25, 0.3) is 10.2 Å². The van der Waals surface area contributed by atoms with Crippen LogP contribution < -0.4 is 14.8 Å². The van der Waals surface area contributed by atoms with Gasteiger partial charge in [0.05, 0.1) is 0 Å². The van der Waals surface area contributed by atoms with Crippen molar-refractivity contribution in [3.8, 4) is 0 Å². The van der Waals surface area contributed by atoms with Gasteiger partial charge in [0.1, 0.15) is 0 Å². The molecule has 82 valence electrons. The number of hydrogen-bond donors (Lipinski definition) is 3. The molecule has 0 aromatic carbocycles. The standard InChI is InChI=1S/C8H17N3O2S/c12-14(13,10-7-3-4-7)11-8-2-1-5-9-6-8/h7-11H,1-6H2/t8-/m0/s1. The summed E-state index contributed by atoms with van der Waals surface area (Å²) < 4.78 is 28.3. The fraction of sp³-hybridized carbons (Fsp3) is 1.00. The highest BCUT2D eigenvalue weighted by atomic mass is 32.2. The SMILES string of the molecule is O=S(=O)(NC1CC1)N[C@H]1CCCNC1. The largest absolute Gasteiger partial charge is 0.315 e. The van der Waals surface area contributed by atoms with E-state index in [0.29, 0.717) is 0 Å². The maximum absolute atomic E-state index is 11.5. The smallest absolute Gasteiger partial charge is 0.277 e. The number of piperidine rings is 1. The van der Waals surface area contributed by atoms with E-state index in [9.17, 15) is 8.42 Å². The van der Waals surface area contributed by atoms with Crippen LogP contribution in [0.5, 0.6) is 0 Å². The van der Waals surface area contributed by atoms with E-state index < -0.39 is 10.2 Å². The highest BCUT2D eigenvalue weighted by Crippen LogP contribution is 2.19. The van der Waals surface area contributed by atoms with Crippen LogP contribution in [0.15, 0.2) is 0 Å². The molecule has 2 fully saturated rings. The Bertz CT molecular complexity index is 281. The molecule has 1 saturated carbocycles. The molecule has 6 heteroatoms. The number of nitrogens with one attached hydrogen (secondary N) is 3. The summed E-state index contributed by atoms with van der Waals surface area (Å²) in [5, 5.41) is 3.17. The number of hydrogen-bond acceptors (Lipinski definition) is 3. The lowest BCUT2D eigenvalue weighted by Crippen LogP contribution is -2.49. The Morgan fingerprint density at radius 3 is 2.36 bits per heavy atom. The van der Waals surface area contributed by atoms with E-state index in [2.05, 4.69) is 14.8 Å². The zero-order chi connectivity index (χ0) is 10.0. The van der Waals surface area contributed by atoms with Gasteiger partial charge < -0.3 is 5.32 Å². The second kappa shape index (κ2) is 4.14. The lowest BCUT2D eigenvalue weighted by molar-refractivity contribution is 0.426. The van der Waals surface area contributed by atoms with E-state index in [4.69, 9.17) is 0 Å². The van der Waals surface area contributed by atoms with E-state index in [1.165, 1.54) is 0 Å². The Morgan fingerprint density at radius 1 is 1.07 bits per heavy atom. The summed E-state index contributed by atoms with van der Waals surface area (Å²) in [5.41, 5.74) is 0. The van der Waals surface area contributed by atoms with Crippen molar-refractivity contribution in [3.05, 3.63) is 0 Å². The first kappa shape index (κ1) is 10.4. The van der Waals surface area contributed by atoms with Gasteiger partial charge in [-0.15, -0.1) is 0 Å². The zero-order valence-electron chi connectivity index (χ0n) is 8.12. The molecule has 1 heterocycles. The van der Waals surface area contributed by atoms with Crippen molar-refractivity contribution in [1.82, 2.24) is 14.8 Å². The molecular formula is C8H17N3O2S. The van der Waals surface area contributed by atoms with E-state index in [1.54, 1.807) is 0 Å². The Labute approximate surface area is 84.8 Å². The molecule has 0 aromatic heterocycles. The van der Waals surface area contributed by atoms with Gasteiger partial charge in [0.15, 0.2) is 0 Å². The highest BCUT2D eigenvalue weighted by molar-refractivity contribution is 7.87. The van der Waals surface area contributed by atoms with Gasteiger partial charge in [-0.25, -0.2) is 0 Å². The molecule has 5 nitrogen and oxygen atoms in total. The molecule has 2 aliphatic rings. The molecule has 2 rings (SSSR count). The summed E-state index contributed by atoms with van der Waals surface area (Å²) in [5.74, 6) is 0. The maximum atomic E-state index is 11.5. The second-order valence-corrected chi connectivity index (χ2v) is 5.53. The van der Waals surface area contributed by atoms with Crippen LogP contribution in [0.3, 0.4) is 0 Å². The summed E-state index contributed by atoms with van der Waals surface area (Å²) in [6.07, 6.45) is 3.92. The fourth-order valence-electron chi connectivity index (χ4n) is 1.63. The topological polar surface area (TPSA) is 70.2 Å². The average Bonchev–Trinajstić information content (AvgIpc) is 2.88. The molecule has 0 radical (unpaired) electrons. The Hall–Kier alpha value is -0.170. The quantitative estimate of drug-likeness (QED) is 0.587. The third kappa shape index (κ3) is 3.20. The third-order valence-corrected chi connectivity index (χ3v) is 3.81. The molecule has 14 heavy (non-hydrogen) atoms. The highest BCUT2D eigenvalue weighted by Gasteiger charge is 2.28. The van der Waals surface area contributed by atoms with Crippen LogP contribution in [0.25, 0.3) is 0 Å². The van der Waals surface area contributed by atoms with Crippen LogP contribution in [0.4, 0.5) is 0 Å². The van der Waals surface area contributed by atoms with Gasteiger partial charge >= 0.3 is 0 Å². The maximum Gasteiger partial charge on any atom is 0.277 e. The first-order valence-corrected chi connectivity index (χ1v) is 6.64. The summed E-state index contributed by atoms with van der Waals surface area (Å²) in [7, 11) is -3.26. The Balaban J connectivity index is 1.81. The van der Waals surface area contributed by atoms with E-state index >= 15 is 0 Å². The zero-order valence-corrected chi connectivity index (χ0v) is 8.94. The van der Waals surface area contributed by atoms with Gasteiger partial charge in [0.2, 0.25) is 0 Å². The van der Waals surface area contributed by atoms with E-state index in [0.717, 1.165) is 38.8 Å². The normalized spacial score (nSPS) is 29.0. The van der Waals surface area contributed by atoms with Crippen molar-refractivity contribution < 1.29 is 8.42 Å². The van der Waals surface area contributed by atoms with Crippen molar-refractivity contribution >= 4 is 10.2 Å². The number of rotatable bonds is 4. The minimum Gasteiger partial charge on any atom is -0.315 e. The van der Waals surface area contributed by atoms with Gasteiger partial charge in [-0.2, -0.15) is 17.9 Å². The second-order valence-electron chi connectivity index (χ2n) is 4.06. The predicted octanol–water partition coefficient (Wildman–Crippen LogP) is -0.675. The molecular weight excluding hydrogens is 202 g/mol.